The molecule has 2 aromatic heterocycles. The number of hydrogen-bond donors (Lipinski definition) is 2. The summed E-state index contributed by atoms with van der Waals surface area (Å²) < 4.78 is 5.83. The van der Waals surface area contributed by atoms with E-state index in [4.69, 9.17) is 4.74 Å². The zero-order valence-corrected chi connectivity index (χ0v) is 13.8. The van der Waals surface area contributed by atoms with Crippen LogP contribution in [0, 0.1) is 6.92 Å². The Morgan fingerprint density at radius 2 is 2.26 bits per heavy atom. The van der Waals surface area contributed by atoms with Crippen molar-refractivity contribution in [2.45, 2.75) is 44.4 Å². The van der Waals surface area contributed by atoms with Crippen LogP contribution < -0.4 is 10.1 Å². The van der Waals surface area contributed by atoms with Gasteiger partial charge in [0.25, 0.3) is 5.91 Å². The van der Waals surface area contributed by atoms with Crippen LogP contribution in [-0.4, -0.2) is 34.2 Å². The van der Waals surface area contributed by atoms with Gasteiger partial charge in [0.2, 0.25) is 0 Å². The number of ether oxygens (including phenoxy) is 1. The average molecular weight is 332 g/mol. The molecule has 1 fully saturated rings. The topological polar surface area (TPSA) is 71.5 Å². The molecule has 1 aliphatic rings. The number of thiophene rings is 1. The molecule has 3 rings (SSSR count). The molecule has 5 nitrogen and oxygen atoms in total. The molecule has 0 unspecified atom stereocenters. The van der Waals surface area contributed by atoms with Gasteiger partial charge in [-0.25, -0.2) is 0 Å². The highest BCUT2D eigenvalue weighted by Crippen LogP contribution is 2.25. The van der Waals surface area contributed by atoms with Gasteiger partial charge in [0.1, 0.15) is 18.0 Å². The molecule has 0 radical (unpaired) electrons. The predicted octanol–water partition coefficient (Wildman–Crippen LogP) is 2.54. The lowest BCUT2D eigenvalue weighted by atomic mass is 9.89. The molecule has 2 N–H and O–H groups in total. The van der Waals surface area contributed by atoms with Gasteiger partial charge in [-0.05, 0) is 50.5 Å². The Hall–Kier alpha value is -1.92. The Labute approximate surface area is 139 Å². The van der Waals surface area contributed by atoms with Gasteiger partial charge in [-0.15, -0.1) is 11.3 Å². The first-order valence-corrected chi connectivity index (χ1v) is 8.57. The Morgan fingerprint density at radius 1 is 1.39 bits per heavy atom. The number of amides is 1. The van der Waals surface area contributed by atoms with E-state index in [9.17, 15) is 9.90 Å². The molecule has 2 aromatic rings. The summed E-state index contributed by atoms with van der Waals surface area (Å²) in [5.41, 5.74) is 0. The average Bonchev–Trinajstić information content (AvgIpc) is 2.99. The van der Waals surface area contributed by atoms with Crippen molar-refractivity contribution in [2.75, 3.05) is 0 Å². The molecule has 122 valence electrons. The maximum Gasteiger partial charge on any atom is 0.261 e. The molecule has 1 saturated carbocycles. The van der Waals surface area contributed by atoms with E-state index in [1.165, 1.54) is 11.3 Å². The number of nitrogens with one attached hydrogen (secondary N) is 1. The molecule has 0 saturated heterocycles. The number of hydrogen-bond acceptors (Lipinski definition) is 5. The van der Waals surface area contributed by atoms with Crippen LogP contribution in [0.5, 0.6) is 5.75 Å². The Balaban J connectivity index is 1.63. The first kappa shape index (κ1) is 16.0. The van der Waals surface area contributed by atoms with Gasteiger partial charge in [-0.2, -0.15) is 0 Å². The van der Waals surface area contributed by atoms with Gasteiger partial charge in [0, 0.05) is 11.1 Å². The van der Waals surface area contributed by atoms with Crippen LogP contribution in [0.1, 0.15) is 33.8 Å². The fraction of sp³-hybridized carbons (Fsp3) is 0.412. The maximum absolute atomic E-state index is 12.3. The number of aliphatic hydroxyl groups is 1. The molecule has 2 heterocycles. The van der Waals surface area contributed by atoms with Gasteiger partial charge in [0.15, 0.2) is 0 Å². The van der Waals surface area contributed by atoms with E-state index in [0.717, 1.165) is 24.1 Å². The molecule has 3 atom stereocenters. The largest absolute Gasteiger partial charge is 0.486 e. The smallest absolute Gasteiger partial charge is 0.261 e. The Kier molecular flexibility index (Phi) is 4.93. The summed E-state index contributed by atoms with van der Waals surface area (Å²) in [5, 5.41) is 13.5. The number of carbonyl (C=O) groups excluding carboxylic acids is 1. The second-order valence-corrected chi connectivity index (χ2v) is 7.04. The van der Waals surface area contributed by atoms with Crippen molar-refractivity contribution in [1.29, 1.82) is 0 Å². The molecule has 1 amide bonds. The predicted molar refractivity (Wildman–Crippen MR) is 88.8 cm³/mol. The summed E-state index contributed by atoms with van der Waals surface area (Å²) >= 11 is 1.46. The first-order chi connectivity index (χ1) is 11.1. The minimum Gasteiger partial charge on any atom is -0.486 e. The van der Waals surface area contributed by atoms with Crippen molar-refractivity contribution >= 4 is 17.2 Å². The lowest BCUT2D eigenvalue weighted by molar-refractivity contribution is -0.0141. The molecule has 0 aliphatic heterocycles. The summed E-state index contributed by atoms with van der Waals surface area (Å²) in [5.74, 6) is 0.506. The highest BCUT2D eigenvalue weighted by molar-refractivity contribution is 7.13. The monoisotopic (exact) mass is 332 g/mol. The van der Waals surface area contributed by atoms with Gasteiger partial charge in [0.05, 0.1) is 17.1 Å². The van der Waals surface area contributed by atoms with E-state index < -0.39 is 6.10 Å². The standard InChI is InChI=1S/C17H20N2O3S/c1-11-7-8-15(23-11)17(21)19-13-5-2-6-14(16(13)20)22-12-4-3-9-18-10-12/h3-4,7-10,13-14,16,20H,2,5-6H2,1H3,(H,19,21)/t13-,14-,16-/m1/s1. The van der Waals surface area contributed by atoms with E-state index in [1.54, 1.807) is 18.5 Å². The molecule has 0 aromatic carbocycles. The van der Waals surface area contributed by atoms with Crippen LogP contribution in [0.3, 0.4) is 0 Å². The minimum atomic E-state index is -0.728. The Morgan fingerprint density at radius 3 is 2.96 bits per heavy atom. The minimum absolute atomic E-state index is 0.130. The van der Waals surface area contributed by atoms with E-state index in [1.807, 2.05) is 25.1 Å². The number of rotatable bonds is 4. The lowest BCUT2D eigenvalue weighted by Gasteiger charge is -2.35. The number of pyridine rings is 1. The zero-order valence-electron chi connectivity index (χ0n) is 12.9. The van der Waals surface area contributed by atoms with Gasteiger partial charge < -0.3 is 15.2 Å². The number of aryl methyl sites for hydroxylation is 1. The normalized spacial score (nSPS) is 24.2. The summed E-state index contributed by atoms with van der Waals surface area (Å²) in [6.07, 6.45) is 4.66. The maximum atomic E-state index is 12.3. The molecule has 6 heteroatoms. The van der Waals surface area contributed by atoms with E-state index in [0.29, 0.717) is 10.6 Å². The summed E-state index contributed by atoms with van der Waals surface area (Å²) in [6.45, 7) is 1.97. The van der Waals surface area contributed by atoms with Crippen molar-refractivity contribution in [2.24, 2.45) is 0 Å². The fourth-order valence-corrected chi connectivity index (χ4v) is 3.58. The van der Waals surface area contributed by atoms with Crippen molar-refractivity contribution in [3.05, 3.63) is 46.4 Å². The third-order valence-corrected chi connectivity index (χ3v) is 5.00. The molecule has 0 spiro atoms. The van der Waals surface area contributed by atoms with Crippen LogP contribution in [0.4, 0.5) is 0 Å². The third-order valence-electron chi connectivity index (χ3n) is 4.00. The Bertz CT molecular complexity index is 659. The summed E-state index contributed by atoms with van der Waals surface area (Å²) in [4.78, 5) is 18.0. The molecule has 23 heavy (non-hydrogen) atoms. The van der Waals surface area contributed by atoms with E-state index in [-0.39, 0.29) is 18.1 Å². The molecule has 0 bridgehead atoms. The second kappa shape index (κ2) is 7.10. The number of aromatic nitrogens is 1. The van der Waals surface area contributed by atoms with Gasteiger partial charge >= 0.3 is 0 Å². The molecular weight excluding hydrogens is 312 g/mol. The quantitative estimate of drug-likeness (QED) is 0.902. The SMILES string of the molecule is Cc1ccc(C(=O)N[C@@H]2CCC[C@@H](Oc3cccnc3)[C@@H]2O)s1. The number of carbonyl (C=O) groups is 1. The number of aliphatic hydroxyl groups excluding tert-OH is 1. The van der Waals surface area contributed by atoms with Crippen LogP contribution in [0.25, 0.3) is 0 Å². The lowest BCUT2D eigenvalue weighted by Crippen LogP contribution is -2.52. The van der Waals surface area contributed by atoms with Crippen LogP contribution in [0.15, 0.2) is 36.7 Å². The molecular formula is C17H20N2O3S. The highest BCUT2D eigenvalue weighted by Gasteiger charge is 2.34. The highest BCUT2D eigenvalue weighted by atomic mass is 32.1. The van der Waals surface area contributed by atoms with Crippen LogP contribution >= 0.6 is 11.3 Å². The first-order valence-electron chi connectivity index (χ1n) is 7.75. The van der Waals surface area contributed by atoms with Gasteiger partial charge in [-0.3, -0.25) is 9.78 Å². The second-order valence-electron chi connectivity index (χ2n) is 5.76. The van der Waals surface area contributed by atoms with E-state index in [2.05, 4.69) is 10.3 Å². The summed E-state index contributed by atoms with van der Waals surface area (Å²) in [6, 6.07) is 7.05. The van der Waals surface area contributed by atoms with Crippen molar-refractivity contribution < 1.29 is 14.6 Å². The van der Waals surface area contributed by atoms with Crippen molar-refractivity contribution in [3.8, 4) is 5.75 Å². The van der Waals surface area contributed by atoms with Crippen LogP contribution in [-0.2, 0) is 0 Å². The van der Waals surface area contributed by atoms with Crippen molar-refractivity contribution in [3.63, 3.8) is 0 Å². The fourth-order valence-electron chi connectivity index (χ4n) is 2.81. The van der Waals surface area contributed by atoms with Crippen molar-refractivity contribution in [1.82, 2.24) is 10.3 Å². The van der Waals surface area contributed by atoms with Gasteiger partial charge in [-0.1, -0.05) is 0 Å². The van der Waals surface area contributed by atoms with E-state index >= 15 is 0 Å². The van der Waals surface area contributed by atoms with Crippen LogP contribution in [0.2, 0.25) is 0 Å². The molecule has 1 aliphatic carbocycles. The third kappa shape index (κ3) is 3.89. The zero-order chi connectivity index (χ0) is 16.2. The summed E-state index contributed by atoms with van der Waals surface area (Å²) in [7, 11) is 0. The number of nitrogens with zero attached hydrogens (tertiary/aromatic N) is 1.